The Morgan fingerprint density at radius 2 is 2.21 bits per heavy atom. The highest BCUT2D eigenvalue weighted by molar-refractivity contribution is 9.10. The zero-order valence-electron chi connectivity index (χ0n) is 7.48. The molecule has 1 heterocycles. The van der Waals surface area contributed by atoms with Gasteiger partial charge < -0.3 is 10.7 Å². The van der Waals surface area contributed by atoms with Crippen LogP contribution in [-0.4, -0.2) is 11.5 Å². The lowest BCUT2D eigenvalue weighted by Crippen LogP contribution is -2.02. The van der Waals surface area contributed by atoms with E-state index in [1.165, 1.54) is 12.1 Å². The number of hydrogen-bond donors (Lipinski definition) is 2. The smallest absolute Gasteiger partial charge is 0.125 e. The Bertz CT molecular complexity index is 464. The van der Waals surface area contributed by atoms with Crippen molar-refractivity contribution in [3.05, 3.63) is 34.2 Å². The largest absolute Gasteiger partial charge is 0.349 e. The van der Waals surface area contributed by atoms with Crippen molar-refractivity contribution >= 4 is 26.8 Å². The van der Waals surface area contributed by atoms with E-state index in [2.05, 4.69) is 20.9 Å². The molecule has 0 atom stereocenters. The Labute approximate surface area is 89.4 Å². The fraction of sp³-hybridized carbons (Fsp3) is 0.200. The molecule has 2 rings (SSSR count). The highest BCUT2D eigenvalue weighted by atomic mass is 79.9. The van der Waals surface area contributed by atoms with Crippen molar-refractivity contribution in [2.24, 2.45) is 5.73 Å². The van der Waals surface area contributed by atoms with Gasteiger partial charge in [-0.15, -0.1) is 0 Å². The van der Waals surface area contributed by atoms with E-state index in [0.29, 0.717) is 6.54 Å². The van der Waals surface area contributed by atoms with Gasteiger partial charge in [-0.2, -0.15) is 0 Å². The van der Waals surface area contributed by atoms with Crippen molar-refractivity contribution < 1.29 is 4.39 Å². The minimum atomic E-state index is -0.231. The summed E-state index contributed by atoms with van der Waals surface area (Å²) in [6, 6.07) is 4.72. The molecule has 74 valence electrons. The predicted octanol–water partition coefficient (Wildman–Crippen LogP) is 2.57. The van der Waals surface area contributed by atoms with Crippen LogP contribution in [0.15, 0.2) is 22.8 Å². The standard InChI is InChI=1S/C10H10BrFN2/c11-10-8(3-4-13)7-2-1-6(12)5-9(7)14-10/h1-2,5,14H,3-4,13H2. The maximum Gasteiger partial charge on any atom is 0.125 e. The third-order valence-corrected chi connectivity index (χ3v) is 2.89. The van der Waals surface area contributed by atoms with Crippen LogP contribution in [0.5, 0.6) is 0 Å². The number of aromatic nitrogens is 1. The molecule has 2 nitrogen and oxygen atoms in total. The van der Waals surface area contributed by atoms with Crippen molar-refractivity contribution in [3.8, 4) is 0 Å². The van der Waals surface area contributed by atoms with Crippen LogP contribution in [0.3, 0.4) is 0 Å². The summed E-state index contributed by atoms with van der Waals surface area (Å²) in [5.41, 5.74) is 7.42. The van der Waals surface area contributed by atoms with E-state index in [9.17, 15) is 4.39 Å². The van der Waals surface area contributed by atoms with Gasteiger partial charge in [-0.1, -0.05) is 0 Å². The fourth-order valence-corrected chi connectivity index (χ4v) is 2.21. The van der Waals surface area contributed by atoms with E-state index in [-0.39, 0.29) is 5.82 Å². The Balaban J connectivity index is 2.64. The second-order valence-electron chi connectivity index (χ2n) is 3.15. The molecule has 1 aromatic carbocycles. The molecule has 0 amide bonds. The number of halogens is 2. The van der Waals surface area contributed by atoms with E-state index in [1.54, 1.807) is 6.07 Å². The Morgan fingerprint density at radius 3 is 2.93 bits per heavy atom. The Morgan fingerprint density at radius 1 is 1.43 bits per heavy atom. The van der Waals surface area contributed by atoms with Gasteiger partial charge in [-0.05, 0) is 52.7 Å². The van der Waals surface area contributed by atoms with Gasteiger partial charge in [0.1, 0.15) is 5.82 Å². The molecule has 0 aliphatic rings. The molecular formula is C10H10BrFN2. The molecule has 0 saturated heterocycles. The van der Waals surface area contributed by atoms with Crippen LogP contribution < -0.4 is 5.73 Å². The molecular weight excluding hydrogens is 247 g/mol. The molecule has 0 bridgehead atoms. The summed E-state index contributed by atoms with van der Waals surface area (Å²) >= 11 is 3.40. The van der Waals surface area contributed by atoms with E-state index >= 15 is 0 Å². The van der Waals surface area contributed by atoms with Gasteiger partial charge in [0.25, 0.3) is 0 Å². The molecule has 0 radical (unpaired) electrons. The van der Waals surface area contributed by atoms with Crippen LogP contribution in [0.2, 0.25) is 0 Å². The number of aromatic amines is 1. The van der Waals surface area contributed by atoms with E-state index in [4.69, 9.17) is 5.73 Å². The molecule has 3 N–H and O–H groups in total. The highest BCUT2D eigenvalue weighted by Gasteiger charge is 2.08. The summed E-state index contributed by atoms with van der Waals surface area (Å²) in [5.74, 6) is -0.231. The van der Waals surface area contributed by atoms with Gasteiger partial charge >= 0.3 is 0 Å². The lowest BCUT2D eigenvalue weighted by atomic mass is 10.1. The second kappa shape index (κ2) is 3.71. The molecule has 0 saturated carbocycles. The van der Waals surface area contributed by atoms with Crippen molar-refractivity contribution in [1.29, 1.82) is 0 Å². The number of fused-ring (bicyclic) bond motifs is 1. The van der Waals surface area contributed by atoms with Crippen LogP contribution >= 0.6 is 15.9 Å². The van der Waals surface area contributed by atoms with Crippen LogP contribution in [0.4, 0.5) is 4.39 Å². The number of benzene rings is 1. The van der Waals surface area contributed by atoms with Crippen LogP contribution in [-0.2, 0) is 6.42 Å². The average molecular weight is 257 g/mol. The first-order valence-corrected chi connectivity index (χ1v) is 5.17. The van der Waals surface area contributed by atoms with Gasteiger partial charge in [0, 0.05) is 10.9 Å². The normalized spacial score (nSPS) is 11.1. The van der Waals surface area contributed by atoms with Gasteiger partial charge in [0.2, 0.25) is 0 Å². The highest BCUT2D eigenvalue weighted by Crippen LogP contribution is 2.27. The van der Waals surface area contributed by atoms with Crippen LogP contribution in [0, 0.1) is 5.82 Å². The Kier molecular flexibility index (Phi) is 2.56. The number of rotatable bonds is 2. The zero-order chi connectivity index (χ0) is 10.1. The predicted molar refractivity (Wildman–Crippen MR) is 58.7 cm³/mol. The molecule has 4 heteroatoms. The van der Waals surface area contributed by atoms with E-state index in [0.717, 1.165) is 27.5 Å². The second-order valence-corrected chi connectivity index (χ2v) is 3.94. The molecule has 2 aromatic rings. The maximum atomic E-state index is 12.9. The SMILES string of the molecule is NCCc1c(Br)[nH]c2cc(F)ccc12. The fourth-order valence-electron chi connectivity index (χ4n) is 1.58. The monoisotopic (exact) mass is 256 g/mol. The van der Waals surface area contributed by atoms with E-state index < -0.39 is 0 Å². The summed E-state index contributed by atoms with van der Waals surface area (Å²) in [6.45, 7) is 0.586. The number of nitrogens with two attached hydrogens (primary N) is 1. The summed E-state index contributed by atoms with van der Waals surface area (Å²) in [6.07, 6.45) is 0.784. The number of nitrogens with one attached hydrogen (secondary N) is 1. The molecule has 0 aliphatic carbocycles. The first-order valence-electron chi connectivity index (χ1n) is 4.38. The first-order chi connectivity index (χ1) is 6.72. The van der Waals surface area contributed by atoms with Gasteiger partial charge in [-0.25, -0.2) is 4.39 Å². The third kappa shape index (κ3) is 1.55. The summed E-state index contributed by atoms with van der Waals surface area (Å²) < 4.78 is 13.8. The molecule has 14 heavy (non-hydrogen) atoms. The third-order valence-electron chi connectivity index (χ3n) is 2.21. The summed E-state index contributed by atoms with van der Waals surface area (Å²) in [7, 11) is 0. The minimum Gasteiger partial charge on any atom is -0.349 e. The van der Waals surface area contributed by atoms with Gasteiger partial charge in [0.05, 0.1) is 4.60 Å². The summed E-state index contributed by atoms with van der Waals surface area (Å²) in [5, 5.41) is 1.03. The molecule has 0 spiro atoms. The zero-order valence-corrected chi connectivity index (χ0v) is 9.07. The Hall–Kier alpha value is -0.870. The number of H-pyrrole nitrogens is 1. The first kappa shape index (κ1) is 9.68. The quantitative estimate of drug-likeness (QED) is 0.853. The molecule has 0 aliphatic heterocycles. The minimum absolute atomic E-state index is 0.231. The van der Waals surface area contributed by atoms with Crippen LogP contribution in [0.1, 0.15) is 5.56 Å². The topological polar surface area (TPSA) is 41.8 Å². The van der Waals surface area contributed by atoms with Crippen LogP contribution in [0.25, 0.3) is 10.9 Å². The van der Waals surface area contributed by atoms with E-state index in [1.807, 2.05) is 0 Å². The van der Waals surface area contributed by atoms with Gasteiger partial charge in [0.15, 0.2) is 0 Å². The number of hydrogen-bond acceptors (Lipinski definition) is 1. The van der Waals surface area contributed by atoms with Gasteiger partial charge in [-0.3, -0.25) is 0 Å². The molecule has 0 fully saturated rings. The summed E-state index contributed by atoms with van der Waals surface area (Å²) in [4.78, 5) is 3.07. The van der Waals surface area contributed by atoms with Crippen molar-refractivity contribution in [2.45, 2.75) is 6.42 Å². The average Bonchev–Trinajstić information content (AvgIpc) is 2.43. The molecule has 1 aromatic heterocycles. The maximum absolute atomic E-state index is 12.9. The van der Waals surface area contributed by atoms with Crippen molar-refractivity contribution in [3.63, 3.8) is 0 Å². The molecule has 0 unspecified atom stereocenters. The van der Waals surface area contributed by atoms with Crippen molar-refractivity contribution in [2.75, 3.05) is 6.54 Å². The lowest BCUT2D eigenvalue weighted by Gasteiger charge is -1.96. The lowest BCUT2D eigenvalue weighted by molar-refractivity contribution is 0.629. The van der Waals surface area contributed by atoms with Crippen molar-refractivity contribution in [1.82, 2.24) is 4.98 Å².